The molecule has 2 heterocycles. The smallest absolute Gasteiger partial charge is 0.257 e. The first-order valence-corrected chi connectivity index (χ1v) is 12.5. The third-order valence-corrected chi connectivity index (χ3v) is 6.50. The molecule has 3 aromatic rings. The lowest BCUT2D eigenvalue weighted by Crippen LogP contribution is -2.51. The molecule has 2 unspecified atom stereocenters. The van der Waals surface area contributed by atoms with E-state index in [2.05, 4.69) is 15.2 Å². The normalized spacial score (nSPS) is 16.0. The van der Waals surface area contributed by atoms with Crippen LogP contribution in [0.25, 0.3) is 0 Å². The molecule has 0 bridgehead atoms. The molecule has 2 amide bonds. The van der Waals surface area contributed by atoms with Crippen LogP contribution in [-0.4, -0.2) is 72.5 Å². The van der Waals surface area contributed by atoms with Gasteiger partial charge in [-0.1, -0.05) is 41.9 Å². The lowest BCUT2D eigenvalue weighted by atomic mass is 10.2. The second-order valence-corrected chi connectivity index (χ2v) is 9.57. The van der Waals surface area contributed by atoms with Crippen LogP contribution in [0.3, 0.4) is 0 Å². The average molecular weight is 523 g/mol. The Bertz CT molecular complexity index is 1190. The number of carbonyl (C=O) groups is 2. The zero-order valence-electron chi connectivity index (χ0n) is 21.0. The Kier molecular flexibility index (Phi) is 9.11. The lowest BCUT2D eigenvalue weighted by molar-refractivity contribution is -0.134. The van der Waals surface area contributed by atoms with Gasteiger partial charge in [0.15, 0.2) is 0 Å². The van der Waals surface area contributed by atoms with Crippen molar-refractivity contribution in [1.29, 1.82) is 0 Å². The summed E-state index contributed by atoms with van der Waals surface area (Å²) in [7, 11) is 4.01. The molecule has 0 aliphatic carbocycles. The van der Waals surface area contributed by atoms with Crippen LogP contribution in [0.5, 0.6) is 11.6 Å². The minimum absolute atomic E-state index is 0.0379. The molecule has 37 heavy (non-hydrogen) atoms. The Morgan fingerprint density at radius 2 is 1.86 bits per heavy atom. The second-order valence-electron chi connectivity index (χ2n) is 9.13. The molecule has 194 valence electrons. The number of likely N-dealkylation sites (tertiary alicyclic amines) is 1. The largest absolute Gasteiger partial charge is 0.438 e. The minimum atomic E-state index is -0.860. The van der Waals surface area contributed by atoms with Gasteiger partial charge in [-0.05, 0) is 62.5 Å². The highest BCUT2D eigenvalue weighted by atomic mass is 35.5. The van der Waals surface area contributed by atoms with E-state index >= 15 is 0 Å². The van der Waals surface area contributed by atoms with Crippen molar-refractivity contribution in [3.8, 4) is 11.6 Å². The van der Waals surface area contributed by atoms with Crippen molar-refractivity contribution in [2.24, 2.45) is 0 Å². The first kappa shape index (κ1) is 26.6. The Morgan fingerprint density at radius 3 is 2.57 bits per heavy atom. The maximum Gasteiger partial charge on any atom is 0.257 e. The Hall–Kier alpha value is -3.46. The summed E-state index contributed by atoms with van der Waals surface area (Å²) in [5.74, 6) is -0.0211. The number of hydrogen-bond donors (Lipinski definition) is 1. The topological polar surface area (TPSA) is 84.0 Å². The van der Waals surface area contributed by atoms with Crippen molar-refractivity contribution >= 4 is 23.4 Å². The number of benzene rings is 2. The van der Waals surface area contributed by atoms with Crippen LogP contribution in [0.2, 0.25) is 5.02 Å². The fourth-order valence-corrected chi connectivity index (χ4v) is 4.25. The average Bonchev–Trinajstić information content (AvgIpc) is 3.41. The number of nitrogens with one attached hydrogen (secondary N) is 1. The summed E-state index contributed by atoms with van der Waals surface area (Å²) < 4.78 is 11.7. The van der Waals surface area contributed by atoms with E-state index in [4.69, 9.17) is 21.1 Å². The number of amides is 2. The molecule has 1 fully saturated rings. The molecular formula is C28H31ClN4O4. The van der Waals surface area contributed by atoms with Crippen LogP contribution in [-0.2, 0) is 16.1 Å². The third-order valence-electron chi connectivity index (χ3n) is 6.25. The summed E-state index contributed by atoms with van der Waals surface area (Å²) >= 11 is 5.96. The van der Waals surface area contributed by atoms with Gasteiger partial charge in [0.05, 0.1) is 13.2 Å². The van der Waals surface area contributed by atoms with E-state index < -0.39 is 11.9 Å². The van der Waals surface area contributed by atoms with Crippen LogP contribution in [0, 0.1) is 0 Å². The van der Waals surface area contributed by atoms with Crippen LogP contribution >= 0.6 is 11.6 Å². The molecule has 0 saturated carbocycles. The zero-order chi connectivity index (χ0) is 26.2. The van der Waals surface area contributed by atoms with Crippen molar-refractivity contribution in [2.45, 2.75) is 25.1 Å². The molecule has 8 nitrogen and oxygen atoms in total. The number of halogens is 1. The number of carbonyl (C=O) groups excluding carboxylic acids is 2. The number of likely N-dealkylation sites (N-methyl/N-ethyl adjacent to an activating group) is 1. The molecule has 9 heteroatoms. The molecule has 2 atom stereocenters. The Balaban J connectivity index is 1.48. The number of aromatic nitrogens is 1. The van der Waals surface area contributed by atoms with Crippen LogP contribution in [0.1, 0.15) is 22.3 Å². The van der Waals surface area contributed by atoms with Gasteiger partial charge in [-0.2, -0.15) is 0 Å². The van der Waals surface area contributed by atoms with Gasteiger partial charge >= 0.3 is 0 Å². The van der Waals surface area contributed by atoms with E-state index in [0.29, 0.717) is 30.5 Å². The van der Waals surface area contributed by atoms with Gasteiger partial charge in [-0.15, -0.1) is 0 Å². The predicted octanol–water partition coefficient (Wildman–Crippen LogP) is 4.01. The van der Waals surface area contributed by atoms with Gasteiger partial charge in [0.25, 0.3) is 5.91 Å². The summed E-state index contributed by atoms with van der Waals surface area (Å²) in [6, 6.07) is 19.1. The highest BCUT2D eigenvalue weighted by Crippen LogP contribution is 2.24. The summed E-state index contributed by atoms with van der Waals surface area (Å²) in [6.07, 6.45) is 2.42. The molecule has 2 aromatic carbocycles. The molecular weight excluding hydrogens is 492 g/mol. The number of rotatable bonds is 10. The van der Waals surface area contributed by atoms with Crippen LogP contribution in [0.4, 0.5) is 0 Å². The van der Waals surface area contributed by atoms with E-state index in [0.717, 1.165) is 12.0 Å². The number of ether oxygens (including phenoxy) is 2. The van der Waals surface area contributed by atoms with Gasteiger partial charge in [0, 0.05) is 30.4 Å². The monoisotopic (exact) mass is 522 g/mol. The van der Waals surface area contributed by atoms with Gasteiger partial charge in [0.2, 0.25) is 11.8 Å². The van der Waals surface area contributed by atoms with E-state index in [-0.39, 0.29) is 30.0 Å². The highest BCUT2D eigenvalue weighted by molar-refractivity contribution is 6.30. The molecule has 4 rings (SSSR count). The molecule has 1 saturated heterocycles. The van der Waals surface area contributed by atoms with Crippen molar-refractivity contribution in [3.05, 3.63) is 89.1 Å². The Labute approximate surface area is 222 Å². The highest BCUT2D eigenvalue weighted by Gasteiger charge is 2.33. The van der Waals surface area contributed by atoms with Crippen LogP contribution < -0.4 is 10.1 Å². The Morgan fingerprint density at radius 1 is 1.11 bits per heavy atom. The molecule has 1 N–H and O–H groups in total. The van der Waals surface area contributed by atoms with E-state index in [1.54, 1.807) is 47.5 Å². The molecule has 1 aliphatic heterocycles. The fraction of sp³-hybridized carbons (Fsp3) is 0.321. The number of hydrogen-bond acceptors (Lipinski definition) is 6. The van der Waals surface area contributed by atoms with Crippen molar-refractivity contribution in [1.82, 2.24) is 20.1 Å². The minimum Gasteiger partial charge on any atom is -0.438 e. The second kappa shape index (κ2) is 12.7. The van der Waals surface area contributed by atoms with Gasteiger partial charge < -0.3 is 24.6 Å². The fourth-order valence-electron chi connectivity index (χ4n) is 4.12. The molecule has 1 aliphatic rings. The van der Waals surface area contributed by atoms with E-state index in [1.807, 2.05) is 44.4 Å². The first-order valence-electron chi connectivity index (χ1n) is 12.2. The summed E-state index contributed by atoms with van der Waals surface area (Å²) in [5, 5.41) is 3.44. The van der Waals surface area contributed by atoms with Crippen LogP contribution in [0.15, 0.2) is 72.9 Å². The summed E-state index contributed by atoms with van der Waals surface area (Å²) in [5.41, 5.74) is 1.20. The third kappa shape index (κ3) is 7.29. The zero-order valence-corrected chi connectivity index (χ0v) is 21.7. The lowest BCUT2D eigenvalue weighted by Gasteiger charge is -2.25. The van der Waals surface area contributed by atoms with Crippen molar-refractivity contribution < 1.29 is 19.1 Å². The predicted molar refractivity (Wildman–Crippen MR) is 142 cm³/mol. The SMILES string of the molecule is CN(C)C1CCN(C(=O)C(COCc2ccccc2)NC(=O)c2cccnc2Oc2ccc(Cl)cc2)C1. The van der Waals surface area contributed by atoms with Crippen molar-refractivity contribution in [3.63, 3.8) is 0 Å². The molecule has 0 spiro atoms. The summed E-state index contributed by atoms with van der Waals surface area (Å²) in [6.45, 7) is 1.61. The van der Waals surface area contributed by atoms with Gasteiger partial charge in [-0.3, -0.25) is 9.59 Å². The van der Waals surface area contributed by atoms with E-state index in [9.17, 15) is 9.59 Å². The maximum absolute atomic E-state index is 13.5. The van der Waals surface area contributed by atoms with Crippen molar-refractivity contribution in [2.75, 3.05) is 33.8 Å². The first-order chi connectivity index (χ1) is 17.9. The number of pyridine rings is 1. The van der Waals surface area contributed by atoms with E-state index in [1.165, 1.54) is 0 Å². The van der Waals surface area contributed by atoms with Gasteiger partial charge in [-0.25, -0.2) is 4.98 Å². The standard InChI is InChI=1S/C28H31ClN4O4/c1-32(2)22-14-16-33(17-22)28(35)25(19-36-18-20-7-4-3-5-8-20)31-26(34)24-9-6-15-30-27(24)37-23-12-10-21(29)11-13-23/h3-13,15,22,25H,14,16-19H2,1-2H3,(H,31,34). The summed E-state index contributed by atoms with van der Waals surface area (Å²) in [4.78, 5) is 35.0. The van der Waals surface area contributed by atoms with Gasteiger partial charge in [0.1, 0.15) is 17.4 Å². The molecule has 0 radical (unpaired) electrons. The maximum atomic E-state index is 13.5. The quantitative estimate of drug-likeness (QED) is 0.433. The molecule has 1 aromatic heterocycles. The number of nitrogens with zero attached hydrogens (tertiary/aromatic N) is 3.